The topological polar surface area (TPSA) is 21.3 Å². The first kappa shape index (κ1) is 15.8. The third kappa shape index (κ3) is 6.47. The van der Waals surface area contributed by atoms with Gasteiger partial charge in [-0.05, 0) is 44.4 Å². The molecular formula is C14H20F3NO. The van der Waals surface area contributed by atoms with Crippen molar-refractivity contribution in [3.63, 3.8) is 0 Å². The largest absolute Gasteiger partial charge is 0.573 e. The van der Waals surface area contributed by atoms with E-state index < -0.39 is 6.36 Å². The first-order chi connectivity index (χ1) is 8.92. The van der Waals surface area contributed by atoms with E-state index in [1.165, 1.54) is 6.07 Å². The van der Waals surface area contributed by atoms with Crippen molar-refractivity contribution in [1.82, 2.24) is 5.32 Å². The SMILES string of the molecule is CCCNC(C)CCc1ccccc1OC(F)(F)F. The lowest BCUT2D eigenvalue weighted by Crippen LogP contribution is -2.27. The van der Waals surface area contributed by atoms with E-state index in [9.17, 15) is 13.2 Å². The van der Waals surface area contributed by atoms with Gasteiger partial charge in [-0.3, -0.25) is 0 Å². The molecule has 1 unspecified atom stereocenters. The predicted octanol–water partition coefficient (Wildman–Crippen LogP) is 3.91. The van der Waals surface area contributed by atoms with Crippen LogP contribution in [0.5, 0.6) is 5.75 Å². The Labute approximate surface area is 112 Å². The van der Waals surface area contributed by atoms with E-state index in [2.05, 4.69) is 17.0 Å². The molecule has 1 rings (SSSR count). The first-order valence-corrected chi connectivity index (χ1v) is 6.49. The van der Waals surface area contributed by atoms with Gasteiger partial charge in [0.05, 0.1) is 0 Å². The molecule has 0 aromatic heterocycles. The van der Waals surface area contributed by atoms with Crippen LogP contribution in [0.1, 0.15) is 32.3 Å². The van der Waals surface area contributed by atoms with Gasteiger partial charge >= 0.3 is 6.36 Å². The lowest BCUT2D eigenvalue weighted by Gasteiger charge is -2.16. The zero-order valence-electron chi connectivity index (χ0n) is 11.3. The van der Waals surface area contributed by atoms with Crippen LogP contribution in [-0.4, -0.2) is 18.9 Å². The van der Waals surface area contributed by atoms with Crippen LogP contribution in [0.15, 0.2) is 24.3 Å². The Morgan fingerprint density at radius 3 is 2.58 bits per heavy atom. The second-order valence-corrected chi connectivity index (χ2v) is 4.55. The van der Waals surface area contributed by atoms with Crippen LogP contribution in [0.3, 0.4) is 0 Å². The summed E-state index contributed by atoms with van der Waals surface area (Å²) in [6.45, 7) is 5.02. The predicted molar refractivity (Wildman–Crippen MR) is 69.2 cm³/mol. The Hall–Kier alpha value is -1.23. The molecule has 19 heavy (non-hydrogen) atoms. The Balaban J connectivity index is 2.58. The van der Waals surface area contributed by atoms with E-state index in [4.69, 9.17) is 0 Å². The first-order valence-electron chi connectivity index (χ1n) is 6.49. The second kappa shape index (κ2) is 7.38. The lowest BCUT2D eigenvalue weighted by atomic mass is 10.1. The number of aryl methyl sites for hydroxylation is 1. The molecular weight excluding hydrogens is 255 g/mol. The minimum atomic E-state index is -4.64. The molecule has 108 valence electrons. The highest BCUT2D eigenvalue weighted by atomic mass is 19.4. The van der Waals surface area contributed by atoms with Crippen LogP contribution >= 0.6 is 0 Å². The third-order valence-corrected chi connectivity index (χ3v) is 2.79. The van der Waals surface area contributed by atoms with Crippen molar-refractivity contribution >= 4 is 0 Å². The molecule has 1 atom stereocenters. The average Bonchev–Trinajstić information content (AvgIpc) is 2.33. The number of para-hydroxylation sites is 1. The fourth-order valence-corrected chi connectivity index (χ4v) is 1.80. The van der Waals surface area contributed by atoms with Gasteiger partial charge in [0.15, 0.2) is 0 Å². The number of benzene rings is 1. The number of hydrogen-bond acceptors (Lipinski definition) is 2. The van der Waals surface area contributed by atoms with E-state index >= 15 is 0 Å². The van der Waals surface area contributed by atoms with Gasteiger partial charge in [-0.2, -0.15) is 0 Å². The maximum absolute atomic E-state index is 12.3. The summed E-state index contributed by atoms with van der Waals surface area (Å²) in [4.78, 5) is 0. The van der Waals surface area contributed by atoms with Crippen molar-refractivity contribution in [1.29, 1.82) is 0 Å². The second-order valence-electron chi connectivity index (χ2n) is 4.55. The molecule has 0 amide bonds. The summed E-state index contributed by atoms with van der Waals surface area (Å²) in [6.07, 6.45) is -2.26. The van der Waals surface area contributed by atoms with Crippen LogP contribution in [-0.2, 0) is 6.42 Å². The normalized spacial score (nSPS) is 13.3. The van der Waals surface area contributed by atoms with E-state index in [0.717, 1.165) is 19.4 Å². The molecule has 1 aromatic carbocycles. The van der Waals surface area contributed by atoms with Crippen molar-refractivity contribution in [2.24, 2.45) is 0 Å². The van der Waals surface area contributed by atoms with Gasteiger partial charge in [-0.25, -0.2) is 0 Å². The molecule has 0 saturated heterocycles. The molecule has 0 fully saturated rings. The van der Waals surface area contributed by atoms with Gasteiger partial charge in [0.1, 0.15) is 5.75 Å². The van der Waals surface area contributed by atoms with E-state index in [0.29, 0.717) is 12.0 Å². The molecule has 0 aliphatic carbocycles. The average molecular weight is 275 g/mol. The molecule has 1 aromatic rings. The monoisotopic (exact) mass is 275 g/mol. The van der Waals surface area contributed by atoms with Gasteiger partial charge < -0.3 is 10.1 Å². The molecule has 0 radical (unpaired) electrons. The van der Waals surface area contributed by atoms with Crippen molar-refractivity contribution in [3.05, 3.63) is 29.8 Å². The Morgan fingerprint density at radius 1 is 1.26 bits per heavy atom. The van der Waals surface area contributed by atoms with Gasteiger partial charge in [-0.1, -0.05) is 25.1 Å². The highest BCUT2D eigenvalue weighted by Gasteiger charge is 2.31. The number of rotatable bonds is 7. The fourth-order valence-electron chi connectivity index (χ4n) is 1.80. The molecule has 0 aliphatic heterocycles. The molecule has 1 N–H and O–H groups in total. The molecule has 2 nitrogen and oxygen atoms in total. The van der Waals surface area contributed by atoms with Crippen molar-refractivity contribution in [3.8, 4) is 5.75 Å². The van der Waals surface area contributed by atoms with E-state index in [1.54, 1.807) is 18.2 Å². The van der Waals surface area contributed by atoms with Gasteiger partial charge in [0.2, 0.25) is 0 Å². The number of halogens is 3. The number of ether oxygens (including phenoxy) is 1. The molecule has 0 heterocycles. The molecule has 0 spiro atoms. The van der Waals surface area contributed by atoms with Crippen molar-refractivity contribution in [2.45, 2.75) is 45.5 Å². The van der Waals surface area contributed by atoms with Gasteiger partial charge in [-0.15, -0.1) is 13.2 Å². The standard InChI is InChI=1S/C14H20F3NO/c1-3-10-18-11(2)8-9-12-6-4-5-7-13(12)19-14(15,16)17/h4-7,11,18H,3,8-10H2,1-2H3. The summed E-state index contributed by atoms with van der Waals surface area (Å²) in [6, 6.07) is 6.57. The summed E-state index contributed by atoms with van der Waals surface area (Å²) < 4.78 is 40.8. The fraction of sp³-hybridized carbons (Fsp3) is 0.571. The molecule has 0 bridgehead atoms. The minimum absolute atomic E-state index is 0.0994. The third-order valence-electron chi connectivity index (χ3n) is 2.79. The summed E-state index contributed by atoms with van der Waals surface area (Å²) in [5.41, 5.74) is 0.588. The van der Waals surface area contributed by atoms with Crippen LogP contribution in [0.2, 0.25) is 0 Å². The molecule has 5 heteroatoms. The summed E-state index contributed by atoms with van der Waals surface area (Å²) in [5.74, 6) is -0.0994. The van der Waals surface area contributed by atoms with E-state index in [1.807, 2.05) is 6.92 Å². The summed E-state index contributed by atoms with van der Waals surface area (Å²) in [5, 5.41) is 3.31. The Kier molecular flexibility index (Phi) is 6.15. The number of nitrogens with one attached hydrogen (secondary N) is 1. The Morgan fingerprint density at radius 2 is 1.95 bits per heavy atom. The highest BCUT2D eigenvalue weighted by Crippen LogP contribution is 2.27. The van der Waals surface area contributed by atoms with Crippen LogP contribution < -0.4 is 10.1 Å². The maximum Gasteiger partial charge on any atom is 0.573 e. The van der Waals surface area contributed by atoms with Crippen LogP contribution in [0, 0.1) is 0 Å². The smallest absolute Gasteiger partial charge is 0.406 e. The lowest BCUT2D eigenvalue weighted by molar-refractivity contribution is -0.274. The van der Waals surface area contributed by atoms with Gasteiger partial charge in [0.25, 0.3) is 0 Å². The maximum atomic E-state index is 12.3. The zero-order chi connectivity index (χ0) is 14.3. The number of hydrogen-bond donors (Lipinski definition) is 1. The minimum Gasteiger partial charge on any atom is -0.406 e. The summed E-state index contributed by atoms with van der Waals surface area (Å²) >= 11 is 0. The van der Waals surface area contributed by atoms with Gasteiger partial charge in [0, 0.05) is 6.04 Å². The van der Waals surface area contributed by atoms with Crippen molar-refractivity contribution in [2.75, 3.05) is 6.54 Å². The number of alkyl halides is 3. The quantitative estimate of drug-likeness (QED) is 0.814. The van der Waals surface area contributed by atoms with E-state index in [-0.39, 0.29) is 11.8 Å². The zero-order valence-corrected chi connectivity index (χ0v) is 11.3. The van der Waals surface area contributed by atoms with Crippen LogP contribution in [0.4, 0.5) is 13.2 Å². The highest BCUT2D eigenvalue weighted by molar-refractivity contribution is 5.33. The van der Waals surface area contributed by atoms with Crippen molar-refractivity contribution < 1.29 is 17.9 Å². The summed E-state index contributed by atoms with van der Waals surface area (Å²) in [7, 11) is 0. The molecule has 0 saturated carbocycles. The van der Waals surface area contributed by atoms with Crippen LogP contribution in [0.25, 0.3) is 0 Å². The molecule has 0 aliphatic rings. The Bertz CT molecular complexity index is 379.